The average Bonchev–Trinajstić information content (AvgIpc) is 3.51. The van der Waals surface area contributed by atoms with Crippen LogP contribution in [0.5, 0.6) is 5.75 Å². The Morgan fingerprint density at radius 2 is 1.88 bits per heavy atom. The van der Waals surface area contributed by atoms with Crippen molar-refractivity contribution in [3.63, 3.8) is 0 Å². The second kappa shape index (κ2) is 11.0. The highest BCUT2D eigenvalue weighted by Gasteiger charge is 2.34. The van der Waals surface area contributed by atoms with Gasteiger partial charge in [-0.1, -0.05) is 35.6 Å². The van der Waals surface area contributed by atoms with Gasteiger partial charge in [0.15, 0.2) is 4.80 Å². The highest BCUT2D eigenvalue weighted by atomic mass is 32.1. The molecule has 0 saturated heterocycles. The number of carbonyl (C=O) groups excluding carboxylic acids is 1. The molecule has 0 radical (unpaired) electrons. The number of benzene rings is 2. The summed E-state index contributed by atoms with van der Waals surface area (Å²) in [5.41, 5.74) is 2.16. The smallest absolute Gasteiger partial charge is 0.338 e. The minimum atomic E-state index is -0.759. The van der Waals surface area contributed by atoms with Crippen molar-refractivity contribution >= 4 is 29.1 Å². The van der Waals surface area contributed by atoms with E-state index >= 15 is 0 Å². The third-order valence-electron chi connectivity index (χ3n) is 6.68. The fraction of sp³-hybridized carbons (Fsp3) is 0.233. The van der Waals surface area contributed by atoms with Crippen LogP contribution in [0.3, 0.4) is 0 Å². The van der Waals surface area contributed by atoms with Crippen LogP contribution in [0.1, 0.15) is 43.7 Å². The molecule has 0 unspecified atom stereocenters. The number of thiazole rings is 1. The summed E-state index contributed by atoms with van der Waals surface area (Å²) in [5, 5.41) is 11.4. The molecule has 2 aromatic heterocycles. The molecule has 2 aromatic carbocycles. The van der Waals surface area contributed by atoms with Gasteiger partial charge in [-0.05, 0) is 57.5 Å². The van der Waals surface area contributed by atoms with Crippen LogP contribution in [0.4, 0.5) is 5.69 Å². The van der Waals surface area contributed by atoms with Crippen LogP contribution in [0.15, 0.2) is 80.1 Å². The molecular formula is C30H27N3O7S. The fourth-order valence-electron chi connectivity index (χ4n) is 4.75. The number of nitrogens with zero attached hydrogens (tertiary/aromatic N) is 3. The molecule has 4 aromatic rings. The van der Waals surface area contributed by atoms with E-state index in [0.717, 1.165) is 0 Å². The van der Waals surface area contributed by atoms with Crippen molar-refractivity contribution < 1.29 is 23.6 Å². The lowest BCUT2D eigenvalue weighted by Crippen LogP contribution is -2.40. The maximum atomic E-state index is 13.8. The first kappa shape index (κ1) is 27.8. The molecule has 1 aliphatic rings. The van der Waals surface area contributed by atoms with E-state index in [1.165, 1.54) is 22.0 Å². The molecule has 10 nitrogen and oxygen atoms in total. The quantitative estimate of drug-likeness (QED) is 0.179. The molecule has 0 spiro atoms. The Hall–Kier alpha value is -4.77. The molecule has 210 valence electrons. The van der Waals surface area contributed by atoms with Crippen molar-refractivity contribution in [2.45, 2.75) is 39.8 Å². The standard InChI is InChI=1S/C30H27N3O7S/c1-16(2)39-29(35)26-18(4)31-30-32(27(26)19-9-11-20(38-5)12-10-19)28(34)25(41-30)15-21-13-14-24(40-21)22-7-6-8-23(17(22)3)33(36)37/h6-16,27H,1-5H3/b25-15-/t27-/m1/s1. The molecule has 0 aliphatic carbocycles. The molecule has 11 heteroatoms. The predicted molar refractivity (Wildman–Crippen MR) is 154 cm³/mol. The van der Waals surface area contributed by atoms with Crippen LogP contribution in [0.2, 0.25) is 0 Å². The highest BCUT2D eigenvalue weighted by molar-refractivity contribution is 7.07. The monoisotopic (exact) mass is 573 g/mol. The zero-order valence-electron chi connectivity index (χ0n) is 23.0. The zero-order chi connectivity index (χ0) is 29.4. The summed E-state index contributed by atoms with van der Waals surface area (Å²) in [6.45, 7) is 6.91. The maximum absolute atomic E-state index is 13.8. The van der Waals surface area contributed by atoms with E-state index in [4.69, 9.17) is 13.9 Å². The summed E-state index contributed by atoms with van der Waals surface area (Å²) < 4.78 is 18.7. The van der Waals surface area contributed by atoms with Gasteiger partial charge in [0.05, 0.1) is 40.0 Å². The Bertz CT molecular complexity index is 1880. The molecule has 0 saturated carbocycles. The fourth-order valence-corrected chi connectivity index (χ4v) is 5.78. The molecule has 41 heavy (non-hydrogen) atoms. The maximum Gasteiger partial charge on any atom is 0.338 e. The van der Waals surface area contributed by atoms with Gasteiger partial charge in [0.25, 0.3) is 11.2 Å². The summed E-state index contributed by atoms with van der Waals surface area (Å²) in [5.74, 6) is 0.934. The van der Waals surface area contributed by atoms with E-state index in [1.54, 1.807) is 77.3 Å². The first-order chi connectivity index (χ1) is 19.6. The van der Waals surface area contributed by atoms with Gasteiger partial charge in [-0.15, -0.1) is 0 Å². The molecule has 1 atom stereocenters. The number of aromatic nitrogens is 1. The van der Waals surface area contributed by atoms with Crippen LogP contribution in [0.25, 0.3) is 17.4 Å². The number of carbonyl (C=O) groups is 1. The highest BCUT2D eigenvalue weighted by Crippen LogP contribution is 2.33. The largest absolute Gasteiger partial charge is 0.497 e. The van der Waals surface area contributed by atoms with Crippen molar-refractivity contribution in [2.75, 3.05) is 7.11 Å². The molecule has 0 fully saturated rings. The summed E-state index contributed by atoms with van der Waals surface area (Å²) in [6.07, 6.45) is 1.25. The second-order valence-corrected chi connectivity index (χ2v) is 10.7. The van der Waals surface area contributed by atoms with Crippen LogP contribution < -0.4 is 19.6 Å². The van der Waals surface area contributed by atoms with Crippen molar-refractivity contribution in [2.24, 2.45) is 4.99 Å². The number of methoxy groups -OCH3 is 1. The van der Waals surface area contributed by atoms with Gasteiger partial charge in [0, 0.05) is 23.3 Å². The van der Waals surface area contributed by atoms with Crippen molar-refractivity contribution in [3.8, 4) is 17.1 Å². The Morgan fingerprint density at radius 1 is 1.15 bits per heavy atom. The number of rotatable bonds is 7. The van der Waals surface area contributed by atoms with E-state index in [-0.39, 0.29) is 22.9 Å². The SMILES string of the molecule is COc1ccc([C@@H]2C(C(=O)OC(C)C)=C(C)N=c3s/c(=C\c4ccc(-c5cccc([N+](=O)[O-])c5C)o4)c(=O)n32)cc1. The Kier molecular flexibility index (Phi) is 7.46. The van der Waals surface area contributed by atoms with E-state index in [1.807, 2.05) is 12.1 Å². The van der Waals surface area contributed by atoms with Gasteiger partial charge in [0.1, 0.15) is 17.3 Å². The number of fused-ring (bicyclic) bond motifs is 1. The third kappa shape index (κ3) is 5.23. The number of allylic oxidation sites excluding steroid dienone is 1. The van der Waals surface area contributed by atoms with Crippen LogP contribution in [-0.4, -0.2) is 28.7 Å². The lowest BCUT2D eigenvalue weighted by Gasteiger charge is -2.25. The predicted octanol–water partition coefficient (Wildman–Crippen LogP) is 4.67. The number of hydrogen-bond donors (Lipinski definition) is 0. The number of ether oxygens (including phenoxy) is 2. The number of nitro groups is 1. The zero-order valence-corrected chi connectivity index (χ0v) is 23.9. The first-order valence-corrected chi connectivity index (χ1v) is 13.6. The van der Waals surface area contributed by atoms with Crippen molar-refractivity contribution in [3.05, 3.63) is 113 Å². The summed E-state index contributed by atoms with van der Waals surface area (Å²) in [4.78, 5) is 43.0. The number of nitro benzene ring substituents is 1. The first-order valence-electron chi connectivity index (χ1n) is 12.8. The van der Waals surface area contributed by atoms with Gasteiger partial charge < -0.3 is 13.9 Å². The molecule has 1 aliphatic heterocycles. The Balaban J connectivity index is 1.62. The molecule has 0 N–H and O–H groups in total. The lowest BCUT2D eigenvalue weighted by atomic mass is 9.96. The van der Waals surface area contributed by atoms with Crippen LogP contribution >= 0.6 is 11.3 Å². The van der Waals surface area contributed by atoms with Crippen LogP contribution in [0, 0.1) is 17.0 Å². The van der Waals surface area contributed by atoms with Gasteiger partial charge >= 0.3 is 5.97 Å². The van der Waals surface area contributed by atoms with Gasteiger partial charge in [-0.2, -0.15) is 0 Å². The lowest BCUT2D eigenvalue weighted by molar-refractivity contribution is -0.385. The molecule has 0 amide bonds. The summed E-state index contributed by atoms with van der Waals surface area (Å²) >= 11 is 1.18. The van der Waals surface area contributed by atoms with Crippen LogP contribution in [-0.2, 0) is 9.53 Å². The average molecular weight is 574 g/mol. The summed E-state index contributed by atoms with van der Waals surface area (Å²) in [6, 6.07) is 14.6. The molecule has 5 rings (SSSR count). The molecule has 0 bridgehead atoms. The van der Waals surface area contributed by atoms with Crippen molar-refractivity contribution in [1.82, 2.24) is 4.57 Å². The topological polar surface area (TPSA) is 126 Å². The Morgan fingerprint density at radius 3 is 2.54 bits per heavy atom. The Labute approximate surface area is 238 Å². The molecular weight excluding hydrogens is 546 g/mol. The van der Waals surface area contributed by atoms with Gasteiger partial charge in [-0.3, -0.25) is 19.5 Å². The van der Waals surface area contributed by atoms with E-state index in [0.29, 0.717) is 49.0 Å². The second-order valence-electron chi connectivity index (χ2n) is 9.72. The van der Waals surface area contributed by atoms with Crippen molar-refractivity contribution in [1.29, 1.82) is 0 Å². The minimum Gasteiger partial charge on any atom is -0.497 e. The number of esters is 1. The number of hydrogen-bond acceptors (Lipinski definition) is 9. The van der Waals surface area contributed by atoms with E-state index < -0.39 is 16.9 Å². The normalized spacial score (nSPS) is 15.1. The van der Waals surface area contributed by atoms with Gasteiger partial charge in [-0.25, -0.2) is 9.79 Å². The minimum absolute atomic E-state index is 0.00513. The molecule has 3 heterocycles. The van der Waals surface area contributed by atoms with Gasteiger partial charge in [0.2, 0.25) is 0 Å². The van der Waals surface area contributed by atoms with E-state index in [2.05, 4.69) is 4.99 Å². The van der Waals surface area contributed by atoms with E-state index in [9.17, 15) is 19.7 Å². The summed E-state index contributed by atoms with van der Waals surface area (Å²) in [7, 11) is 1.56. The number of furan rings is 1. The third-order valence-corrected chi connectivity index (χ3v) is 7.67.